The highest BCUT2D eigenvalue weighted by Crippen LogP contribution is 2.25. The lowest BCUT2D eigenvalue weighted by Crippen LogP contribution is -2.44. The van der Waals surface area contributed by atoms with Gasteiger partial charge in [0.25, 0.3) is 5.91 Å². The fourth-order valence-electron chi connectivity index (χ4n) is 3.46. The van der Waals surface area contributed by atoms with Crippen LogP contribution in [0.3, 0.4) is 0 Å². The zero-order chi connectivity index (χ0) is 18.0. The van der Waals surface area contributed by atoms with E-state index in [1.165, 1.54) is 19.1 Å². The zero-order valence-corrected chi connectivity index (χ0v) is 14.6. The quantitative estimate of drug-likeness (QED) is 0.842. The first-order chi connectivity index (χ1) is 12.0. The van der Waals surface area contributed by atoms with Crippen molar-refractivity contribution in [3.05, 3.63) is 53.1 Å². The maximum atomic E-state index is 14.2. The van der Waals surface area contributed by atoms with Gasteiger partial charge in [0.2, 0.25) is 0 Å². The Hall–Kier alpha value is -2.24. The van der Waals surface area contributed by atoms with Crippen LogP contribution >= 0.6 is 0 Å². The van der Waals surface area contributed by atoms with E-state index < -0.39 is 17.5 Å². The molecule has 1 atom stereocenters. The number of benzene rings is 1. The SMILES string of the molecule is Cc1ccc(C(=O)N2CCCC[C@@H]2CCn2ccnc2C)c(F)c1F. The third-order valence-corrected chi connectivity index (χ3v) is 5.02. The van der Waals surface area contributed by atoms with Gasteiger partial charge in [0, 0.05) is 31.5 Å². The fraction of sp³-hybridized carbons (Fsp3) is 0.474. The molecule has 25 heavy (non-hydrogen) atoms. The largest absolute Gasteiger partial charge is 0.336 e. The summed E-state index contributed by atoms with van der Waals surface area (Å²) in [6.07, 6.45) is 7.27. The maximum Gasteiger partial charge on any atom is 0.257 e. The molecule has 2 aromatic rings. The molecule has 0 saturated carbocycles. The summed E-state index contributed by atoms with van der Waals surface area (Å²) in [4.78, 5) is 18.7. The van der Waals surface area contributed by atoms with Crippen LogP contribution in [-0.2, 0) is 6.54 Å². The highest BCUT2D eigenvalue weighted by Gasteiger charge is 2.29. The number of likely N-dealkylation sites (tertiary alicyclic amines) is 1. The standard InChI is InChI=1S/C19H23F2N3O/c1-13-6-7-16(18(21)17(13)20)19(25)24-10-4-3-5-15(24)8-11-23-12-9-22-14(23)2/h6-7,9,12,15H,3-5,8,10-11H2,1-2H3/t15-/m1/s1. The first kappa shape index (κ1) is 17.6. The molecule has 0 aliphatic carbocycles. The monoisotopic (exact) mass is 347 g/mol. The summed E-state index contributed by atoms with van der Waals surface area (Å²) >= 11 is 0. The van der Waals surface area contributed by atoms with E-state index in [-0.39, 0.29) is 17.2 Å². The summed E-state index contributed by atoms with van der Waals surface area (Å²) in [6, 6.07) is 2.88. The molecule has 0 bridgehead atoms. The molecule has 1 amide bonds. The van der Waals surface area contributed by atoms with E-state index in [9.17, 15) is 13.6 Å². The molecule has 0 unspecified atom stereocenters. The number of amides is 1. The van der Waals surface area contributed by atoms with Gasteiger partial charge in [-0.1, -0.05) is 6.07 Å². The number of aromatic nitrogens is 2. The van der Waals surface area contributed by atoms with E-state index in [0.717, 1.165) is 38.1 Å². The molecule has 1 aromatic carbocycles. The van der Waals surface area contributed by atoms with Crippen molar-refractivity contribution in [3.8, 4) is 0 Å². The van der Waals surface area contributed by atoms with E-state index >= 15 is 0 Å². The van der Waals surface area contributed by atoms with Crippen LogP contribution in [-0.4, -0.2) is 32.9 Å². The molecule has 134 valence electrons. The van der Waals surface area contributed by atoms with Crippen LogP contribution in [0.4, 0.5) is 8.78 Å². The Morgan fingerprint density at radius 1 is 1.24 bits per heavy atom. The van der Waals surface area contributed by atoms with Crippen LogP contribution in [0.15, 0.2) is 24.5 Å². The summed E-state index contributed by atoms with van der Waals surface area (Å²) < 4.78 is 30.1. The second-order valence-corrected chi connectivity index (χ2v) is 6.66. The average Bonchev–Trinajstić information content (AvgIpc) is 3.03. The Bertz CT molecular complexity index is 772. The minimum atomic E-state index is -1.04. The molecule has 0 spiro atoms. The fourth-order valence-corrected chi connectivity index (χ4v) is 3.46. The highest BCUT2D eigenvalue weighted by atomic mass is 19.2. The van der Waals surface area contributed by atoms with Gasteiger partial charge in [-0.15, -0.1) is 0 Å². The van der Waals surface area contributed by atoms with E-state index in [0.29, 0.717) is 6.54 Å². The summed E-state index contributed by atoms with van der Waals surface area (Å²) in [7, 11) is 0. The molecule has 1 fully saturated rings. The maximum absolute atomic E-state index is 14.2. The molecule has 1 aliphatic rings. The van der Waals surface area contributed by atoms with Crippen molar-refractivity contribution in [2.24, 2.45) is 0 Å². The topological polar surface area (TPSA) is 38.1 Å². The van der Waals surface area contributed by atoms with Gasteiger partial charge in [0.15, 0.2) is 11.6 Å². The van der Waals surface area contributed by atoms with Gasteiger partial charge >= 0.3 is 0 Å². The molecule has 1 aromatic heterocycles. The van der Waals surface area contributed by atoms with Crippen LogP contribution in [0.25, 0.3) is 0 Å². The Balaban J connectivity index is 1.77. The molecule has 0 N–H and O–H groups in total. The van der Waals surface area contributed by atoms with Gasteiger partial charge < -0.3 is 9.47 Å². The van der Waals surface area contributed by atoms with Crippen LogP contribution in [0, 0.1) is 25.5 Å². The number of nitrogens with zero attached hydrogens (tertiary/aromatic N) is 3. The van der Waals surface area contributed by atoms with Crippen molar-refractivity contribution in [2.75, 3.05) is 6.54 Å². The van der Waals surface area contributed by atoms with Gasteiger partial charge in [-0.3, -0.25) is 4.79 Å². The second-order valence-electron chi connectivity index (χ2n) is 6.66. The lowest BCUT2D eigenvalue weighted by molar-refractivity contribution is 0.0589. The van der Waals surface area contributed by atoms with Crippen LogP contribution in [0.5, 0.6) is 0 Å². The van der Waals surface area contributed by atoms with Crippen LogP contribution in [0.2, 0.25) is 0 Å². The van der Waals surface area contributed by atoms with Gasteiger partial charge in [0.1, 0.15) is 5.82 Å². The molecule has 6 heteroatoms. The van der Waals surface area contributed by atoms with Crippen molar-refractivity contribution in [1.29, 1.82) is 0 Å². The number of carbonyl (C=O) groups is 1. The smallest absolute Gasteiger partial charge is 0.257 e. The number of piperidine rings is 1. The first-order valence-corrected chi connectivity index (χ1v) is 8.72. The predicted octanol–water partition coefficient (Wildman–Crippen LogP) is 3.86. The van der Waals surface area contributed by atoms with Crippen molar-refractivity contribution < 1.29 is 13.6 Å². The van der Waals surface area contributed by atoms with Crippen molar-refractivity contribution in [2.45, 2.75) is 52.1 Å². The average molecular weight is 347 g/mol. The summed E-state index contributed by atoms with van der Waals surface area (Å²) in [5, 5.41) is 0. The first-order valence-electron chi connectivity index (χ1n) is 8.72. The molecule has 1 aliphatic heterocycles. The molecular formula is C19H23F2N3O. The molecule has 1 saturated heterocycles. The van der Waals surface area contributed by atoms with Crippen molar-refractivity contribution >= 4 is 5.91 Å². The lowest BCUT2D eigenvalue weighted by Gasteiger charge is -2.36. The second kappa shape index (κ2) is 7.33. The minimum Gasteiger partial charge on any atom is -0.336 e. The van der Waals surface area contributed by atoms with E-state index in [4.69, 9.17) is 0 Å². The summed E-state index contributed by atoms with van der Waals surface area (Å²) in [6.45, 7) is 4.77. The summed E-state index contributed by atoms with van der Waals surface area (Å²) in [5.74, 6) is -1.46. The van der Waals surface area contributed by atoms with E-state index in [1.807, 2.05) is 17.7 Å². The van der Waals surface area contributed by atoms with Crippen molar-refractivity contribution in [1.82, 2.24) is 14.5 Å². The third-order valence-electron chi connectivity index (χ3n) is 5.02. The number of rotatable bonds is 4. The van der Waals surface area contributed by atoms with E-state index in [2.05, 4.69) is 4.98 Å². The van der Waals surface area contributed by atoms with Crippen molar-refractivity contribution in [3.63, 3.8) is 0 Å². The van der Waals surface area contributed by atoms with Gasteiger partial charge in [0.05, 0.1) is 5.56 Å². The minimum absolute atomic E-state index is 0.0341. The van der Waals surface area contributed by atoms with Crippen LogP contribution in [0.1, 0.15) is 47.4 Å². The highest BCUT2D eigenvalue weighted by molar-refractivity contribution is 5.94. The third kappa shape index (κ3) is 3.57. The number of hydrogen-bond donors (Lipinski definition) is 0. The van der Waals surface area contributed by atoms with Gasteiger partial charge in [-0.2, -0.15) is 0 Å². The Morgan fingerprint density at radius 3 is 2.76 bits per heavy atom. The van der Waals surface area contributed by atoms with Gasteiger partial charge in [-0.05, 0) is 51.2 Å². The predicted molar refractivity (Wildman–Crippen MR) is 91.4 cm³/mol. The molecular weight excluding hydrogens is 324 g/mol. The number of hydrogen-bond acceptors (Lipinski definition) is 2. The molecule has 2 heterocycles. The van der Waals surface area contributed by atoms with E-state index in [1.54, 1.807) is 11.1 Å². The normalized spacial score (nSPS) is 17.8. The van der Waals surface area contributed by atoms with Crippen LogP contribution < -0.4 is 0 Å². The Labute approximate surface area is 146 Å². The number of carbonyl (C=O) groups excluding carboxylic acids is 1. The summed E-state index contributed by atoms with van der Waals surface area (Å²) in [5.41, 5.74) is 0.0358. The Morgan fingerprint density at radius 2 is 2.04 bits per heavy atom. The number of halogens is 2. The zero-order valence-electron chi connectivity index (χ0n) is 14.6. The molecule has 3 rings (SSSR count). The van der Waals surface area contributed by atoms with Gasteiger partial charge in [-0.25, -0.2) is 13.8 Å². The Kier molecular flexibility index (Phi) is 5.16. The molecule has 4 nitrogen and oxygen atoms in total. The number of aryl methyl sites for hydroxylation is 3. The lowest BCUT2D eigenvalue weighted by atomic mass is 9.97. The molecule has 0 radical (unpaired) electrons. The number of imidazole rings is 1.